The molecule has 0 unspecified atom stereocenters. The number of halogens is 2. The lowest BCUT2D eigenvalue weighted by Gasteiger charge is -2.23. The van der Waals surface area contributed by atoms with E-state index in [1.165, 1.54) is 11.3 Å². The highest BCUT2D eigenvalue weighted by Crippen LogP contribution is 2.18. The molecule has 0 aromatic heterocycles. The highest BCUT2D eigenvalue weighted by molar-refractivity contribution is 9.09. The van der Waals surface area contributed by atoms with E-state index in [1.54, 1.807) is 0 Å². The van der Waals surface area contributed by atoms with Gasteiger partial charge in [0.05, 0.1) is 0 Å². The van der Waals surface area contributed by atoms with Crippen LogP contribution in [0.5, 0.6) is 0 Å². The first-order valence-corrected chi connectivity index (χ1v) is 5.78. The van der Waals surface area contributed by atoms with Crippen molar-refractivity contribution in [3.05, 3.63) is 29.8 Å². The molecule has 1 aromatic rings. The van der Waals surface area contributed by atoms with Crippen LogP contribution in [0.2, 0.25) is 0 Å². The van der Waals surface area contributed by atoms with Crippen LogP contribution in [0.4, 0.5) is 5.69 Å². The summed E-state index contributed by atoms with van der Waals surface area (Å²) in [6.07, 6.45) is 0. The molecule has 0 bridgehead atoms. The summed E-state index contributed by atoms with van der Waals surface area (Å²) in [5.74, 6) is 0. The molecular formula is C11H17BrClN. The first-order chi connectivity index (χ1) is 6.29. The summed E-state index contributed by atoms with van der Waals surface area (Å²) in [6, 6.07) is 8.52. The van der Waals surface area contributed by atoms with Crippen molar-refractivity contribution in [2.24, 2.45) is 0 Å². The molecule has 0 saturated heterocycles. The third-order valence-corrected chi connectivity index (χ3v) is 2.55. The summed E-state index contributed by atoms with van der Waals surface area (Å²) in [7, 11) is 0. The molecule has 0 amide bonds. The lowest BCUT2D eigenvalue weighted by molar-refractivity contribution is 0.871. The van der Waals surface area contributed by atoms with Gasteiger partial charge in [-0.05, 0) is 25.5 Å². The summed E-state index contributed by atoms with van der Waals surface area (Å²) in [6.45, 7) is 6.49. The number of rotatable bonds is 4. The molecule has 3 heteroatoms. The van der Waals surface area contributed by atoms with Crippen LogP contribution in [-0.4, -0.2) is 18.4 Å². The minimum absolute atomic E-state index is 0. The van der Waals surface area contributed by atoms with Gasteiger partial charge >= 0.3 is 0 Å². The van der Waals surface area contributed by atoms with Gasteiger partial charge in [-0.2, -0.15) is 0 Å². The zero-order valence-corrected chi connectivity index (χ0v) is 11.1. The van der Waals surface area contributed by atoms with Gasteiger partial charge in [0.15, 0.2) is 0 Å². The van der Waals surface area contributed by atoms with Crippen molar-refractivity contribution < 1.29 is 0 Å². The van der Waals surface area contributed by atoms with Crippen molar-refractivity contribution in [1.82, 2.24) is 0 Å². The molecule has 1 rings (SSSR count). The van der Waals surface area contributed by atoms with Crippen molar-refractivity contribution in [2.45, 2.75) is 13.8 Å². The number of para-hydroxylation sites is 1. The predicted octanol–water partition coefficient (Wildman–Crippen LogP) is 3.64. The summed E-state index contributed by atoms with van der Waals surface area (Å²) in [4.78, 5) is 2.38. The van der Waals surface area contributed by atoms with Gasteiger partial charge in [-0.3, -0.25) is 0 Å². The molecule has 0 aliphatic rings. The molecule has 0 fully saturated rings. The van der Waals surface area contributed by atoms with E-state index in [-0.39, 0.29) is 12.4 Å². The number of aryl methyl sites for hydroxylation is 1. The molecule has 0 radical (unpaired) electrons. The molecule has 0 aliphatic carbocycles. The van der Waals surface area contributed by atoms with Crippen LogP contribution in [0.25, 0.3) is 0 Å². The van der Waals surface area contributed by atoms with Gasteiger partial charge in [0.25, 0.3) is 0 Å². The zero-order chi connectivity index (χ0) is 9.68. The molecule has 1 nitrogen and oxygen atoms in total. The molecule has 80 valence electrons. The Kier molecular flexibility index (Phi) is 7.02. The highest BCUT2D eigenvalue weighted by atomic mass is 79.9. The van der Waals surface area contributed by atoms with E-state index in [9.17, 15) is 0 Å². The third-order valence-electron chi connectivity index (χ3n) is 2.19. The van der Waals surface area contributed by atoms with E-state index in [0.29, 0.717) is 0 Å². The van der Waals surface area contributed by atoms with Crippen LogP contribution < -0.4 is 4.90 Å². The van der Waals surface area contributed by atoms with Gasteiger partial charge < -0.3 is 4.90 Å². The minimum Gasteiger partial charge on any atom is -0.371 e. The fraction of sp³-hybridized carbons (Fsp3) is 0.455. The number of anilines is 1. The Hall–Kier alpha value is -0.210. The van der Waals surface area contributed by atoms with E-state index in [0.717, 1.165) is 18.4 Å². The maximum Gasteiger partial charge on any atom is 0.0396 e. The van der Waals surface area contributed by atoms with Crippen molar-refractivity contribution in [3.63, 3.8) is 0 Å². The van der Waals surface area contributed by atoms with E-state index < -0.39 is 0 Å². The van der Waals surface area contributed by atoms with Crippen LogP contribution in [0.1, 0.15) is 12.5 Å². The van der Waals surface area contributed by atoms with Gasteiger partial charge in [0.2, 0.25) is 0 Å². The first kappa shape index (κ1) is 13.8. The Morgan fingerprint density at radius 1 is 1.29 bits per heavy atom. The van der Waals surface area contributed by atoms with E-state index in [4.69, 9.17) is 0 Å². The Morgan fingerprint density at radius 3 is 2.43 bits per heavy atom. The lowest BCUT2D eigenvalue weighted by atomic mass is 10.2. The monoisotopic (exact) mass is 277 g/mol. The Bertz CT molecular complexity index is 265. The van der Waals surface area contributed by atoms with E-state index >= 15 is 0 Å². The topological polar surface area (TPSA) is 3.24 Å². The minimum atomic E-state index is 0. The fourth-order valence-corrected chi connectivity index (χ4v) is 1.90. The van der Waals surface area contributed by atoms with Gasteiger partial charge in [-0.25, -0.2) is 0 Å². The average Bonchev–Trinajstić information content (AvgIpc) is 2.16. The molecule has 0 N–H and O–H groups in total. The largest absolute Gasteiger partial charge is 0.371 e. The maximum absolute atomic E-state index is 3.47. The van der Waals surface area contributed by atoms with E-state index in [1.807, 2.05) is 0 Å². The second kappa shape index (κ2) is 7.13. The van der Waals surface area contributed by atoms with Gasteiger partial charge in [0, 0.05) is 24.1 Å². The number of benzene rings is 1. The second-order valence-electron chi connectivity index (χ2n) is 3.06. The van der Waals surface area contributed by atoms with Crippen molar-refractivity contribution >= 4 is 34.0 Å². The van der Waals surface area contributed by atoms with Crippen molar-refractivity contribution in [1.29, 1.82) is 0 Å². The molecule has 0 aliphatic heterocycles. The molecule has 1 aromatic carbocycles. The molecule has 0 atom stereocenters. The second-order valence-corrected chi connectivity index (χ2v) is 3.85. The normalized spacial score (nSPS) is 9.36. The van der Waals surface area contributed by atoms with Crippen LogP contribution in [0.3, 0.4) is 0 Å². The summed E-state index contributed by atoms with van der Waals surface area (Å²) in [5, 5.41) is 1.02. The summed E-state index contributed by atoms with van der Waals surface area (Å²) >= 11 is 3.47. The summed E-state index contributed by atoms with van der Waals surface area (Å²) < 4.78 is 0. The number of hydrogen-bond donors (Lipinski definition) is 0. The maximum atomic E-state index is 3.47. The Balaban J connectivity index is 0.00000169. The number of nitrogens with zero attached hydrogens (tertiary/aromatic N) is 1. The molecule has 0 saturated carbocycles. The molecule has 14 heavy (non-hydrogen) atoms. The lowest BCUT2D eigenvalue weighted by Crippen LogP contribution is -2.25. The Labute approximate surface area is 101 Å². The van der Waals surface area contributed by atoms with Gasteiger partial charge in [0.1, 0.15) is 0 Å². The Morgan fingerprint density at radius 2 is 1.93 bits per heavy atom. The third kappa shape index (κ3) is 3.50. The van der Waals surface area contributed by atoms with Crippen LogP contribution in [-0.2, 0) is 0 Å². The number of hydrogen-bond acceptors (Lipinski definition) is 1. The van der Waals surface area contributed by atoms with Gasteiger partial charge in [-0.1, -0.05) is 34.1 Å². The molecular weight excluding hydrogens is 261 g/mol. The van der Waals surface area contributed by atoms with Crippen molar-refractivity contribution in [2.75, 3.05) is 23.3 Å². The first-order valence-electron chi connectivity index (χ1n) is 4.66. The van der Waals surface area contributed by atoms with Crippen molar-refractivity contribution in [3.8, 4) is 0 Å². The number of alkyl halides is 1. The van der Waals surface area contributed by atoms with E-state index in [2.05, 4.69) is 58.9 Å². The average molecular weight is 279 g/mol. The quantitative estimate of drug-likeness (QED) is 0.760. The molecule has 0 spiro atoms. The van der Waals surface area contributed by atoms with Crippen LogP contribution in [0.15, 0.2) is 24.3 Å². The van der Waals surface area contributed by atoms with Crippen LogP contribution in [0, 0.1) is 6.92 Å². The molecule has 0 heterocycles. The van der Waals surface area contributed by atoms with Gasteiger partial charge in [-0.15, -0.1) is 12.4 Å². The standard InChI is InChI=1S/C11H16BrN.ClH/c1-3-13(9-8-12)11-7-5-4-6-10(11)2;/h4-7H,3,8-9H2,1-2H3;1H. The summed E-state index contributed by atoms with van der Waals surface area (Å²) in [5.41, 5.74) is 2.70. The highest BCUT2D eigenvalue weighted by Gasteiger charge is 2.04. The SMILES string of the molecule is CCN(CCBr)c1ccccc1C.Cl. The smallest absolute Gasteiger partial charge is 0.0396 e. The zero-order valence-electron chi connectivity index (χ0n) is 8.66. The predicted molar refractivity (Wildman–Crippen MR) is 70.1 cm³/mol. The van der Waals surface area contributed by atoms with Crippen LogP contribution >= 0.6 is 28.3 Å². The fourth-order valence-electron chi connectivity index (χ4n) is 1.47.